The first kappa shape index (κ1) is 11.6. The molecular weight excluding hydrogens is 270 g/mol. The molecule has 1 aliphatic carbocycles. The molecule has 0 saturated heterocycles. The van der Waals surface area contributed by atoms with E-state index in [0.717, 1.165) is 29.4 Å². The lowest BCUT2D eigenvalue weighted by atomic mass is 9.66. The summed E-state index contributed by atoms with van der Waals surface area (Å²) in [7, 11) is 0. The van der Waals surface area contributed by atoms with Gasteiger partial charge in [-0.25, -0.2) is 0 Å². The van der Waals surface area contributed by atoms with Gasteiger partial charge < -0.3 is 4.74 Å². The maximum Gasteiger partial charge on any atom is 0.318 e. The second-order valence-electron chi connectivity index (χ2n) is 4.02. The molecule has 1 saturated carbocycles. The third-order valence-corrected chi connectivity index (χ3v) is 3.56. The van der Waals surface area contributed by atoms with Crippen molar-refractivity contribution in [3.05, 3.63) is 28.5 Å². The molecule has 0 aromatic carbocycles. The molecule has 0 bridgehead atoms. The second kappa shape index (κ2) is 4.53. The number of pyridine rings is 1. The van der Waals surface area contributed by atoms with Crippen LogP contribution >= 0.6 is 15.9 Å². The summed E-state index contributed by atoms with van der Waals surface area (Å²) >= 11 is 3.34. The van der Waals surface area contributed by atoms with E-state index in [4.69, 9.17) is 4.74 Å². The van der Waals surface area contributed by atoms with Gasteiger partial charge in [0.15, 0.2) is 0 Å². The highest BCUT2D eigenvalue weighted by Crippen LogP contribution is 2.44. The number of carbonyl (C=O) groups is 1. The fourth-order valence-electron chi connectivity index (χ4n) is 2.02. The maximum absolute atomic E-state index is 12.0. The van der Waals surface area contributed by atoms with Crippen LogP contribution in [0.5, 0.6) is 0 Å². The van der Waals surface area contributed by atoms with Gasteiger partial charge in [0, 0.05) is 10.7 Å². The van der Waals surface area contributed by atoms with E-state index >= 15 is 0 Å². The molecule has 1 heterocycles. The average Bonchev–Trinajstić information content (AvgIpc) is 2.19. The van der Waals surface area contributed by atoms with Crippen LogP contribution < -0.4 is 0 Å². The molecule has 1 aromatic rings. The Morgan fingerprint density at radius 2 is 2.31 bits per heavy atom. The first-order chi connectivity index (χ1) is 7.69. The largest absolute Gasteiger partial charge is 0.465 e. The van der Waals surface area contributed by atoms with Gasteiger partial charge in [0.25, 0.3) is 0 Å². The predicted molar refractivity (Wildman–Crippen MR) is 64.1 cm³/mol. The van der Waals surface area contributed by atoms with E-state index in [2.05, 4.69) is 20.9 Å². The Bertz CT molecular complexity index is 385. The lowest BCUT2D eigenvalue weighted by molar-refractivity contribution is -0.154. The van der Waals surface area contributed by atoms with Crippen molar-refractivity contribution in [1.82, 2.24) is 4.98 Å². The summed E-state index contributed by atoms with van der Waals surface area (Å²) in [4.78, 5) is 16.3. The summed E-state index contributed by atoms with van der Waals surface area (Å²) < 4.78 is 6.07. The van der Waals surface area contributed by atoms with Crippen molar-refractivity contribution in [2.75, 3.05) is 6.61 Å². The number of ether oxygens (including phenoxy) is 1. The minimum absolute atomic E-state index is 0.129. The number of hydrogen-bond acceptors (Lipinski definition) is 3. The van der Waals surface area contributed by atoms with Gasteiger partial charge in [-0.1, -0.05) is 6.42 Å². The number of hydrogen-bond donors (Lipinski definition) is 0. The van der Waals surface area contributed by atoms with Crippen LogP contribution in [-0.2, 0) is 14.9 Å². The predicted octanol–water partition coefficient (Wildman–Crippen LogP) is 2.83. The number of nitrogens with zero attached hydrogens (tertiary/aromatic N) is 1. The van der Waals surface area contributed by atoms with Gasteiger partial charge in [0.1, 0.15) is 5.41 Å². The summed E-state index contributed by atoms with van der Waals surface area (Å²) in [6.45, 7) is 2.26. The van der Waals surface area contributed by atoms with Crippen LogP contribution in [0.1, 0.15) is 31.9 Å². The molecule has 0 aliphatic heterocycles. The summed E-state index contributed by atoms with van der Waals surface area (Å²) in [6.07, 6.45) is 4.49. The Morgan fingerprint density at radius 1 is 1.56 bits per heavy atom. The minimum Gasteiger partial charge on any atom is -0.465 e. The molecule has 0 N–H and O–H groups in total. The molecule has 3 nitrogen and oxygen atoms in total. The topological polar surface area (TPSA) is 39.2 Å². The SMILES string of the molecule is CCOC(=O)C1(c2ccc(Br)cn2)CCC1. The number of halogens is 1. The van der Waals surface area contributed by atoms with Crippen molar-refractivity contribution in [2.45, 2.75) is 31.6 Å². The zero-order valence-electron chi connectivity index (χ0n) is 9.20. The molecule has 2 rings (SSSR count). The standard InChI is InChI=1S/C12H14BrNO2/c1-2-16-11(15)12(6-3-7-12)10-5-4-9(13)8-14-10/h4-5,8H,2-3,6-7H2,1H3. The first-order valence-electron chi connectivity index (χ1n) is 5.48. The molecule has 0 unspecified atom stereocenters. The highest BCUT2D eigenvalue weighted by Gasteiger charge is 2.48. The van der Waals surface area contributed by atoms with Crippen molar-refractivity contribution >= 4 is 21.9 Å². The third kappa shape index (κ3) is 1.86. The number of esters is 1. The monoisotopic (exact) mass is 283 g/mol. The van der Waals surface area contributed by atoms with Gasteiger partial charge >= 0.3 is 5.97 Å². The van der Waals surface area contributed by atoms with Crippen molar-refractivity contribution in [3.63, 3.8) is 0 Å². The van der Waals surface area contributed by atoms with Crippen LogP contribution in [0.3, 0.4) is 0 Å². The average molecular weight is 284 g/mol. The van der Waals surface area contributed by atoms with Crippen molar-refractivity contribution in [1.29, 1.82) is 0 Å². The lowest BCUT2D eigenvalue weighted by Crippen LogP contribution is -2.44. The Labute approximate surface area is 103 Å². The molecule has 16 heavy (non-hydrogen) atoms. The minimum atomic E-state index is -0.475. The van der Waals surface area contributed by atoms with E-state index < -0.39 is 5.41 Å². The lowest BCUT2D eigenvalue weighted by Gasteiger charge is -2.38. The van der Waals surface area contributed by atoms with Gasteiger partial charge in [-0.2, -0.15) is 0 Å². The Balaban J connectivity index is 2.27. The van der Waals surface area contributed by atoms with Crippen LogP contribution in [0.15, 0.2) is 22.8 Å². The highest BCUT2D eigenvalue weighted by atomic mass is 79.9. The quantitative estimate of drug-likeness (QED) is 0.801. The van der Waals surface area contributed by atoms with Crippen LogP contribution in [0.4, 0.5) is 0 Å². The fraction of sp³-hybridized carbons (Fsp3) is 0.500. The first-order valence-corrected chi connectivity index (χ1v) is 6.27. The molecule has 1 fully saturated rings. The van der Waals surface area contributed by atoms with Crippen LogP contribution in [-0.4, -0.2) is 17.6 Å². The van der Waals surface area contributed by atoms with E-state index in [0.29, 0.717) is 6.61 Å². The molecule has 0 atom stereocenters. The molecule has 1 aliphatic rings. The Kier molecular flexibility index (Phi) is 3.28. The molecule has 0 spiro atoms. The smallest absolute Gasteiger partial charge is 0.318 e. The van der Waals surface area contributed by atoms with E-state index in [1.54, 1.807) is 6.20 Å². The summed E-state index contributed by atoms with van der Waals surface area (Å²) in [6, 6.07) is 3.82. The number of aromatic nitrogens is 1. The van der Waals surface area contributed by atoms with Gasteiger partial charge in [0.2, 0.25) is 0 Å². The van der Waals surface area contributed by atoms with E-state index in [1.807, 2.05) is 19.1 Å². The number of rotatable bonds is 3. The zero-order valence-corrected chi connectivity index (χ0v) is 10.8. The van der Waals surface area contributed by atoms with Gasteiger partial charge in [-0.15, -0.1) is 0 Å². The third-order valence-electron chi connectivity index (χ3n) is 3.09. The maximum atomic E-state index is 12.0. The molecule has 86 valence electrons. The zero-order chi connectivity index (χ0) is 11.6. The summed E-state index contributed by atoms with van der Waals surface area (Å²) in [5.41, 5.74) is 0.358. The summed E-state index contributed by atoms with van der Waals surface area (Å²) in [5, 5.41) is 0. The van der Waals surface area contributed by atoms with Gasteiger partial charge in [-0.3, -0.25) is 9.78 Å². The normalized spacial score (nSPS) is 17.6. The Hall–Kier alpha value is -0.900. The highest BCUT2D eigenvalue weighted by molar-refractivity contribution is 9.10. The van der Waals surface area contributed by atoms with Crippen molar-refractivity contribution < 1.29 is 9.53 Å². The fourth-order valence-corrected chi connectivity index (χ4v) is 2.26. The van der Waals surface area contributed by atoms with Gasteiger partial charge in [0.05, 0.1) is 12.3 Å². The Morgan fingerprint density at radius 3 is 2.75 bits per heavy atom. The van der Waals surface area contributed by atoms with E-state index in [-0.39, 0.29) is 5.97 Å². The van der Waals surface area contributed by atoms with Crippen LogP contribution in [0.2, 0.25) is 0 Å². The molecule has 0 radical (unpaired) electrons. The van der Waals surface area contributed by atoms with Crippen molar-refractivity contribution in [2.24, 2.45) is 0 Å². The van der Waals surface area contributed by atoms with E-state index in [1.165, 1.54) is 0 Å². The molecule has 0 amide bonds. The van der Waals surface area contributed by atoms with E-state index in [9.17, 15) is 4.79 Å². The van der Waals surface area contributed by atoms with Crippen LogP contribution in [0, 0.1) is 0 Å². The molecule has 4 heteroatoms. The second-order valence-corrected chi connectivity index (χ2v) is 4.93. The molecule has 1 aromatic heterocycles. The molecular formula is C12H14BrNO2. The number of carbonyl (C=O) groups excluding carboxylic acids is 1. The van der Waals surface area contributed by atoms with Crippen LogP contribution in [0.25, 0.3) is 0 Å². The van der Waals surface area contributed by atoms with Crippen molar-refractivity contribution in [3.8, 4) is 0 Å². The van der Waals surface area contributed by atoms with Gasteiger partial charge in [-0.05, 0) is 47.8 Å². The summed E-state index contributed by atoms with van der Waals surface area (Å²) in [5.74, 6) is -0.129.